The van der Waals surface area contributed by atoms with Crippen molar-refractivity contribution in [2.75, 3.05) is 5.32 Å². The Morgan fingerprint density at radius 1 is 0.969 bits per heavy atom. The van der Waals surface area contributed by atoms with Gasteiger partial charge in [-0.3, -0.25) is 15.0 Å². The summed E-state index contributed by atoms with van der Waals surface area (Å²) in [4.78, 5) is 17.2. The highest BCUT2D eigenvalue weighted by molar-refractivity contribution is 6.03. The van der Waals surface area contributed by atoms with Gasteiger partial charge in [-0.2, -0.15) is 10.2 Å². The van der Waals surface area contributed by atoms with Gasteiger partial charge in [-0.1, -0.05) is 48.5 Å². The number of hydrogen-bond acceptors (Lipinski definition) is 4. The molecule has 3 N–H and O–H groups in total. The molecule has 32 heavy (non-hydrogen) atoms. The SMILES string of the molecule is O=C(Nc1ccccc1-c1n[nH]c2ccc(-c3ncn[nH]3)cc12)[C@@H]1C[C@H]1c1ccccc1. The van der Waals surface area contributed by atoms with E-state index >= 15 is 0 Å². The van der Waals surface area contributed by atoms with Crippen molar-refractivity contribution >= 4 is 22.5 Å². The second-order valence-corrected chi connectivity index (χ2v) is 8.06. The Morgan fingerprint density at radius 3 is 2.66 bits per heavy atom. The second-order valence-electron chi connectivity index (χ2n) is 8.06. The Morgan fingerprint density at radius 2 is 1.81 bits per heavy atom. The van der Waals surface area contributed by atoms with Crippen molar-refractivity contribution in [2.45, 2.75) is 12.3 Å². The third-order valence-corrected chi connectivity index (χ3v) is 6.05. The molecule has 156 valence electrons. The Labute approximate surface area is 183 Å². The molecule has 0 radical (unpaired) electrons. The predicted octanol–water partition coefficient (Wildman–Crippen LogP) is 4.76. The lowest BCUT2D eigenvalue weighted by molar-refractivity contribution is -0.117. The molecule has 7 nitrogen and oxygen atoms in total. The van der Waals surface area contributed by atoms with Gasteiger partial charge in [0, 0.05) is 22.4 Å². The van der Waals surface area contributed by atoms with E-state index in [0.29, 0.717) is 11.7 Å². The van der Waals surface area contributed by atoms with Crippen LogP contribution in [0, 0.1) is 5.92 Å². The molecule has 0 unspecified atom stereocenters. The largest absolute Gasteiger partial charge is 0.325 e. The van der Waals surface area contributed by atoms with E-state index in [1.807, 2.05) is 60.7 Å². The second kappa shape index (κ2) is 7.46. The van der Waals surface area contributed by atoms with Crippen LogP contribution in [0.15, 0.2) is 79.1 Å². The minimum atomic E-state index is -0.000519. The summed E-state index contributed by atoms with van der Waals surface area (Å²) in [5.41, 5.74) is 5.47. The molecule has 2 atom stereocenters. The van der Waals surface area contributed by atoms with Gasteiger partial charge in [-0.15, -0.1) is 0 Å². The number of fused-ring (bicyclic) bond motifs is 1. The maximum Gasteiger partial charge on any atom is 0.228 e. The van der Waals surface area contributed by atoms with E-state index < -0.39 is 0 Å². The van der Waals surface area contributed by atoms with Crippen LogP contribution in [0.4, 0.5) is 5.69 Å². The molecule has 1 fully saturated rings. The molecule has 5 aromatic rings. The lowest BCUT2D eigenvalue weighted by Gasteiger charge is -2.10. The first-order valence-electron chi connectivity index (χ1n) is 10.6. The monoisotopic (exact) mass is 420 g/mol. The predicted molar refractivity (Wildman–Crippen MR) is 123 cm³/mol. The quantitative estimate of drug-likeness (QED) is 0.382. The van der Waals surface area contributed by atoms with Crippen LogP contribution in [0.3, 0.4) is 0 Å². The number of para-hydroxylation sites is 1. The third kappa shape index (κ3) is 3.24. The standard InChI is InChI=1S/C25H20N6O/c32-25(19-13-18(19)15-6-2-1-3-7-15)28-21-9-5-4-8-17(21)23-20-12-16(24-26-14-27-31-24)10-11-22(20)29-30-23/h1-12,14,18-19H,13H2,(H,28,32)(H,29,30)(H,26,27,31)/t18-,19+/m0/s1. The molecule has 1 amide bonds. The molecule has 0 saturated heterocycles. The first kappa shape index (κ1) is 18.5. The topological polar surface area (TPSA) is 99.3 Å². The molecular formula is C25H20N6O. The van der Waals surface area contributed by atoms with Crippen molar-refractivity contribution in [3.63, 3.8) is 0 Å². The van der Waals surface area contributed by atoms with E-state index in [9.17, 15) is 4.79 Å². The number of aromatic amines is 2. The number of H-pyrrole nitrogens is 2. The lowest BCUT2D eigenvalue weighted by atomic mass is 10.0. The van der Waals surface area contributed by atoms with Crippen LogP contribution in [-0.2, 0) is 4.79 Å². The van der Waals surface area contributed by atoms with Gasteiger partial charge in [0.25, 0.3) is 0 Å². The molecule has 1 aliphatic carbocycles. The summed E-state index contributed by atoms with van der Waals surface area (Å²) in [5, 5.41) is 18.6. The molecule has 0 spiro atoms. The van der Waals surface area contributed by atoms with Crippen molar-refractivity contribution in [3.05, 3.63) is 84.7 Å². The Hall–Kier alpha value is -4.26. The van der Waals surface area contributed by atoms with Crippen LogP contribution in [0.1, 0.15) is 17.9 Å². The summed E-state index contributed by atoms with van der Waals surface area (Å²) in [7, 11) is 0. The zero-order chi connectivity index (χ0) is 21.5. The number of rotatable bonds is 5. The molecule has 1 saturated carbocycles. The number of amides is 1. The molecule has 6 rings (SSSR count). The molecule has 3 aromatic carbocycles. The number of aromatic nitrogens is 5. The molecule has 0 bridgehead atoms. The van der Waals surface area contributed by atoms with Crippen LogP contribution < -0.4 is 5.32 Å². The highest BCUT2D eigenvalue weighted by Crippen LogP contribution is 2.48. The molecule has 2 heterocycles. The van der Waals surface area contributed by atoms with Gasteiger partial charge in [0.2, 0.25) is 5.91 Å². The molecule has 0 aliphatic heterocycles. The smallest absolute Gasteiger partial charge is 0.228 e. The first-order valence-corrected chi connectivity index (χ1v) is 10.6. The van der Waals surface area contributed by atoms with E-state index in [4.69, 9.17) is 0 Å². The summed E-state index contributed by atoms with van der Waals surface area (Å²) < 4.78 is 0. The number of nitrogens with one attached hydrogen (secondary N) is 3. The average Bonchev–Trinajstić information content (AvgIpc) is 3.24. The fourth-order valence-corrected chi connectivity index (χ4v) is 4.29. The minimum Gasteiger partial charge on any atom is -0.325 e. The Kier molecular flexibility index (Phi) is 4.31. The number of hydrogen-bond donors (Lipinski definition) is 3. The number of benzene rings is 3. The van der Waals surface area contributed by atoms with Gasteiger partial charge in [-0.05, 0) is 42.2 Å². The van der Waals surface area contributed by atoms with E-state index in [-0.39, 0.29) is 11.8 Å². The molecule has 7 heteroatoms. The highest BCUT2D eigenvalue weighted by atomic mass is 16.2. The molecular weight excluding hydrogens is 400 g/mol. The summed E-state index contributed by atoms with van der Waals surface area (Å²) >= 11 is 0. The van der Waals surface area contributed by atoms with Gasteiger partial charge in [0.15, 0.2) is 5.82 Å². The maximum absolute atomic E-state index is 13.0. The van der Waals surface area contributed by atoms with Crippen LogP contribution in [0.5, 0.6) is 0 Å². The van der Waals surface area contributed by atoms with Crippen LogP contribution in [-0.4, -0.2) is 31.3 Å². The zero-order valence-corrected chi connectivity index (χ0v) is 17.1. The van der Waals surface area contributed by atoms with Gasteiger partial charge in [0.1, 0.15) is 12.0 Å². The normalized spacial score (nSPS) is 17.4. The maximum atomic E-state index is 13.0. The lowest BCUT2D eigenvalue weighted by Crippen LogP contribution is -2.15. The van der Waals surface area contributed by atoms with Crippen molar-refractivity contribution in [1.82, 2.24) is 25.4 Å². The summed E-state index contributed by atoms with van der Waals surface area (Å²) in [6, 6.07) is 24.0. The summed E-state index contributed by atoms with van der Waals surface area (Å²) in [6.45, 7) is 0. The van der Waals surface area contributed by atoms with Gasteiger partial charge < -0.3 is 5.32 Å². The van der Waals surface area contributed by atoms with Crippen molar-refractivity contribution in [1.29, 1.82) is 0 Å². The minimum absolute atomic E-state index is 0.000519. The number of anilines is 1. The fraction of sp³-hybridized carbons (Fsp3) is 0.120. The number of nitrogens with zero attached hydrogens (tertiary/aromatic N) is 3. The first-order chi connectivity index (χ1) is 15.8. The van der Waals surface area contributed by atoms with E-state index in [2.05, 4.69) is 42.8 Å². The number of carbonyl (C=O) groups is 1. The van der Waals surface area contributed by atoms with E-state index in [1.54, 1.807) is 0 Å². The van der Waals surface area contributed by atoms with Gasteiger partial charge in [0.05, 0.1) is 11.2 Å². The average molecular weight is 420 g/mol. The summed E-state index contributed by atoms with van der Waals surface area (Å²) in [6.07, 6.45) is 2.37. The fourth-order valence-electron chi connectivity index (χ4n) is 4.29. The molecule has 1 aliphatic rings. The van der Waals surface area contributed by atoms with Crippen LogP contribution >= 0.6 is 0 Å². The summed E-state index contributed by atoms with van der Waals surface area (Å²) in [5.74, 6) is 1.04. The number of carbonyl (C=O) groups excluding carboxylic acids is 1. The van der Waals surface area contributed by atoms with Crippen LogP contribution in [0.2, 0.25) is 0 Å². The highest BCUT2D eigenvalue weighted by Gasteiger charge is 2.43. The van der Waals surface area contributed by atoms with E-state index in [0.717, 1.165) is 39.8 Å². The van der Waals surface area contributed by atoms with E-state index in [1.165, 1.54) is 11.9 Å². The zero-order valence-electron chi connectivity index (χ0n) is 17.1. The van der Waals surface area contributed by atoms with Gasteiger partial charge in [-0.25, -0.2) is 4.98 Å². The van der Waals surface area contributed by atoms with Crippen LogP contribution in [0.25, 0.3) is 33.5 Å². The van der Waals surface area contributed by atoms with Crippen molar-refractivity contribution in [3.8, 4) is 22.6 Å². The molecule has 2 aromatic heterocycles. The Bertz CT molecular complexity index is 1410. The third-order valence-electron chi connectivity index (χ3n) is 6.05. The Balaban J connectivity index is 1.31. The van der Waals surface area contributed by atoms with Crippen molar-refractivity contribution < 1.29 is 4.79 Å². The van der Waals surface area contributed by atoms with Gasteiger partial charge >= 0.3 is 0 Å². The van der Waals surface area contributed by atoms with Crippen molar-refractivity contribution in [2.24, 2.45) is 5.92 Å².